The van der Waals surface area contributed by atoms with Crippen molar-refractivity contribution in [3.8, 4) is 11.3 Å². The van der Waals surface area contributed by atoms with Crippen molar-refractivity contribution < 1.29 is 19.4 Å². The summed E-state index contributed by atoms with van der Waals surface area (Å²) in [5.74, 6) is -3.89. The van der Waals surface area contributed by atoms with Crippen LogP contribution in [0.4, 0.5) is 17.3 Å². The third-order valence-electron chi connectivity index (χ3n) is 9.14. The number of carbonyl (C=O) groups excluding carboxylic acids is 2. The van der Waals surface area contributed by atoms with E-state index in [2.05, 4.69) is 15.6 Å². The fourth-order valence-corrected chi connectivity index (χ4v) is 7.43. The van der Waals surface area contributed by atoms with Crippen LogP contribution < -0.4 is 16.4 Å². The molecular weight excluding hydrogens is 729 g/mol. The number of anilines is 1. The highest BCUT2D eigenvalue weighted by molar-refractivity contribution is 7.80. The molecule has 1 aromatic heterocycles. The molecule has 2 heterocycles. The van der Waals surface area contributed by atoms with Gasteiger partial charge in [0.05, 0.1) is 21.2 Å². The number of carbonyl (C=O) groups is 2. The maximum atomic E-state index is 14.9. The van der Waals surface area contributed by atoms with Gasteiger partial charge in [0.25, 0.3) is 11.4 Å². The number of fused-ring (bicyclic) bond motifs is 1. The Balaban J connectivity index is 1.66. The minimum absolute atomic E-state index is 0.147. The Labute approximate surface area is 309 Å². The first-order valence-corrected chi connectivity index (χ1v) is 16.6. The Morgan fingerprint density at radius 3 is 1.67 bits per heavy atom. The monoisotopic (exact) mass is 751 g/mol. The van der Waals surface area contributed by atoms with Crippen molar-refractivity contribution >= 4 is 81.3 Å². The van der Waals surface area contributed by atoms with E-state index in [0.29, 0.717) is 43.4 Å². The van der Waals surface area contributed by atoms with Crippen molar-refractivity contribution in [2.24, 2.45) is 5.41 Å². The number of allylic oxidation sites excluding steroid dienone is 1. The number of thiocarbonyl (C=S) groups is 1. The number of nitrogens with two attached hydrogens (primary N) is 1. The number of nitro groups is 2. The number of nitrogens with one attached hydrogen (secondary N) is 2. The average molecular weight is 753 g/mol. The second kappa shape index (κ2) is 13.2. The fraction of sp³-hybridized carbons (Fsp3) is 0.0833. The van der Waals surface area contributed by atoms with Gasteiger partial charge in [-0.2, -0.15) is 0 Å². The summed E-state index contributed by atoms with van der Waals surface area (Å²) in [6, 6.07) is 24.6. The molecule has 4 aromatic carbocycles. The van der Waals surface area contributed by atoms with Gasteiger partial charge in [0.1, 0.15) is 0 Å². The maximum absolute atomic E-state index is 14.9. The first-order chi connectivity index (χ1) is 24.9. The van der Waals surface area contributed by atoms with Crippen LogP contribution in [0.25, 0.3) is 22.9 Å². The van der Waals surface area contributed by atoms with Crippen LogP contribution in [-0.4, -0.2) is 36.7 Å². The summed E-state index contributed by atoms with van der Waals surface area (Å²) in [7, 11) is 0. The van der Waals surface area contributed by atoms with E-state index in [9.17, 15) is 29.8 Å². The van der Waals surface area contributed by atoms with Crippen molar-refractivity contribution in [1.29, 1.82) is 0 Å². The van der Waals surface area contributed by atoms with Gasteiger partial charge in [-0.05, 0) is 89.1 Å². The molecule has 0 radical (unpaired) electrons. The van der Waals surface area contributed by atoms with Crippen LogP contribution >= 0.6 is 35.4 Å². The Bertz CT molecular complexity index is 2330. The molecule has 2 atom stereocenters. The zero-order valence-corrected chi connectivity index (χ0v) is 28.8. The predicted octanol–water partition coefficient (Wildman–Crippen LogP) is 6.84. The largest absolute Gasteiger partial charge is 0.368 e. The summed E-state index contributed by atoms with van der Waals surface area (Å²) in [6.07, 6.45) is 1.68. The summed E-state index contributed by atoms with van der Waals surface area (Å²) in [5, 5.41) is 29.0. The lowest BCUT2D eigenvalue weighted by Gasteiger charge is -2.50. The molecule has 1 fully saturated rings. The van der Waals surface area contributed by atoms with E-state index in [1.54, 1.807) is 54.6 Å². The lowest BCUT2D eigenvalue weighted by atomic mass is 9.52. The van der Waals surface area contributed by atoms with Crippen molar-refractivity contribution in [1.82, 2.24) is 20.6 Å². The number of hydrogen-bond donors (Lipinski definition) is 3. The first-order valence-electron chi connectivity index (χ1n) is 15.4. The Morgan fingerprint density at radius 2 is 1.17 bits per heavy atom. The van der Waals surface area contributed by atoms with Crippen LogP contribution in [0.5, 0.6) is 0 Å². The minimum Gasteiger partial charge on any atom is -0.368 e. The average Bonchev–Trinajstić information content (AvgIpc) is 3.11. The van der Waals surface area contributed by atoms with E-state index < -0.39 is 38.9 Å². The first kappa shape index (κ1) is 34.4. The second-order valence-electron chi connectivity index (χ2n) is 12.0. The molecule has 5 aromatic rings. The highest BCUT2D eigenvalue weighted by Crippen LogP contribution is 2.62. The maximum Gasteiger partial charge on any atom is 0.269 e. The third kappa shape index (κ3) is 5.82. The number of nitrogens with zero attached hydrogens (tertiary/aromatic N) is 4. The summed E-state index contributed by atoms with van der Waals surface area (Å²) in [4.78, 5) is 61.1. The van der Waals surface area contributed by atoms with Gasteiger partial charge >= 0.3 is 0 Å². The molecular formula is C36H23Cl2N7O6S. The predicted molar refractivity (Wildman–Crippen MR) is 198 cm³/mol. The van der Waals surface area contributed by atoms with Gasteiger partial charge in [0, 0.05) is 57.3 Å². The SMILES string of the molecule is Nc1nc2c(c(-c3ccc([N+](=O)[O-])cc3)n1)C(c1ccc(Cl)cc1)C1(C(=O)NC(=S)NC1=O)C(c1ccc(Cl)cc1)/C2=C/c1ccc([N+](=O)[O-])cc1. The standard InChI is InChI=1S/C36H23Cl2N7O6S/c37-22-9-3-19(4-10-22)28-26(17-18-1-13-24(14-2-18)44(48)49)31-27(30(40-34(39)41-31)21-7-15-25(16-8-21)45(50)51)29(20-5-11-23(38)12-6-20)36(28)32(46)42-35(52)43-33(36)47/h1-17,28-29H,(H2,39,40,41)(H2,42,43,46,47,52)/b26-17-. The number of amides is 2. The van der Waals surface area contributed by atoms with Crippen LogP contribution in [0.1, 0.15) is 39.8 Å². The van der Waals surface area contributed by atoms with Crippen molar-refractivity contribution in [3.63, 3.8) is 0 Å². The minimum atomic E-state index is -2.06. The van der Waals surface area contributed by atoms with Gasteiger partial charge in [-0.25, -0.2) is 9.97 Å². The fourth-order valence-electron chi connectivity index (χ4n) is 7.00. The van der Waals surface area contributed by atoms with E-state index in [1.165, 1.54) is 48.5 Å². The van der Waals surface area contributed by atoms with Crippen molar-refractivity contribution in [3.05, 3.63) is 155 Å². The molecule has 2 amide bonds. The number of benzene rings is 4. The molecule has 1 aliphatic heterocycles. The Morgan fingerprint density at radius 1 is 0.712 bits per heavy atom. The zero-order chi connectivity index (χ0) is 36.9. The molecule has 2 aliphatic rings. The molecule has 1 spiro atoms. The van der Waals surface area contributed by atoms with Crippen molar-refractivity contribution in [2.45, 2.75) is 11.8 Å². The van der Waals surface area contributed by atoms with Crippen LogP contribution in [0.3, 0.4) is 0 Å². The summed E-state index contributed by atoms with van der Waals surface area (Å²) >= 11 is 18.0. The lowest BCUT2D eigenvalue weighted by Crippen LogP contribution is -2.67. The number of non-ortho nitro benzene ring substituents is 2. The molecule has 258 valence electrons. The second-order valence-corrected chi connectivity index (χ2v) is 13.3. The topological polar surface area (TPSA) is 196 Å². The van der Waals surface area contributed by atoms with E-state index in [-0.39, 0.29) is 33.8 Å². The quantitative estimate of drug-likeness (QED) is 0.0715. The van der Waals surface area contributed by atoms with Gasteiger partial charge in [0.15, 0.2) is 10.5 Å². The molecule has 7 rings (SSSR count). The molecule has 0 saturated carbocycles. The van der Waals surface area contributed by atoms with Crippen LogP contribution in [0.2, 0.25) is 10.0 Å². The summed E-state index contributed by atoms with van der Waals surface area (Å²) in [6.45, 7) is 0. The zero-order valence-electron chi connectivity index (χ0n) is 26.4. The molecule has 2 unspecified atom stereocenters. The molecule has 4 N–H and O–H groups in total. The highest BCUT2D eigenvalue weighted by atomic mass is 35.5. The number of halogens is 2. The van der Waals surface area contributed by atoms with Gasteiger partial charge in [-0.3, -0.25) is 29.8 Å². The number of rotatable bonds is 6. The van der Waals surface area contributed by atoms with Gasteiger partial charge < -0.3 is 16.4 Å². The molecule has 1 aliphatic carbocycles. The van der Waals surface area contributed by atoms with E-state index in [1.807, 2.05) is 0 Å². The van der Waals surface area contributed by atoms with Crippen LogP contribution in [0.15, 0.2) is 97.1 Å². The normalized spacial score (nSPS) is 18.4. The van der Waals surface area contributed by atoms with Crippen LogP contribution in [0, 0.1) is 25.6 Å². The number of aromatic nitrogens is 2. The van der Waals surface area contributed by atoms with E-state index in [0.717, 1.165) is 0 Å². The smallest absolute Gasteiger partial charge is 0.269 e. The van der Waals surface area contributed by atoms with Crippen molar-refractivity contribution in [2.75, 3.05) is 5.73 Å². The number of nitro benzene ring substituents is 2. The van der Waals surface area contributed by atoms with E-state index >= 15 is 0 Å². The molecule has 13 nitrogen and oxygen atoms in total. The lowest BCUT2D eigenvalue weighted by molar-refractivity contribution is -0.385. The van der Waals surface area contributed by atoms with Crippen LogP contribution in [-0.2, 0) is 9.59 Å². The Kier molecular flexibility index (Phi) is 8.74. The number of nitrogen functional groups attached to an aromatic ring is 1. The Hall–Kier alpha value is -6.09. The molecule has 16 heteroatoms. The van der Waals surface area contributed by atoms with Gasteiger partial charge in [-0.1, -0.05) is 47.5 Å². The molecule has 0 bridgehead atoms. The highest BCUT2D eigenvalue weighted by Gasteiger charge is 2.65. The van der Waals surface area contributed by atoms with Gasteiger partial charge in [-0.15, -0.1) is 0 Å². The third-order valence-corrected chi connectivity index (χ3v) is 9.84. The van der Waals surface area contributed by atoms with E-state index in [4.69, 9.17) is 46.1 Å². The summed E-state index contributed by atoms with van der Waals surface area (Å²) < 4.78 is 0. The molecule has 1 saturated heterocycles. The van der Waals surface area contributed by atoms with Gasteiger partial charge in [0.2, 0.25) is 17.8 Å². The number of hydrogen-bond acceptors (Lipinski definition) is 10. The summed E-state index contributed by atoms with van der Waals surface area (Å²) in [5.41, 5.74) is 6.99. The molecule has 52 heavy (non-hydrogen) atoms.